The zero-order valence-electron chi connectivity index (χ0n) is 19.5. The molecule has 0 radical (unpaired) electrons. The number of hydrogen-bond donors (Lipinski definition) is 0. The molecule has 0 spiro atoms. The molecule has 1 aromatic heterocycles. The Morgan fingerprint density at radius 2 is 1.16 bits per heavy atom. The van der Waals surface area contributed by atoms with Crippen LogP contribution in [-0.4, -0.2) is 0 Å². The molecular formula is C31H34S. The second-order valence-electron chi connectivity index (χ2n) is 9.56. The Morgan fingerprint density at radius 1 is 0.562 bits per heavy atom. The average molecular weight is 439 g/mol. The van der Waals surface area contributed by atoms with E-state index in [9.17, 15) is 0 Å². The number of benzene rings is 4. The molecule has 1 heteroatoms. The molecule has 1 heterocycles. The van der Waals surface area contributed by atoms with Crippen molar-refractivity contribution in [3.63, 3.8) is 0 Å². The minimum absolute atomic E-state index is 1.21. The molecule has 0 unspecified atom stereocenters. The Balaban J connectivity index is 1.35. The maximum Gasteiger partial charge on any atom is 0.0361 e. The minimum Gasteiger partial charge on any atom is -0.135 e. The predicted molar refractivity (Wildman–Crippen MR) is 145 cm³/mol. The van der Waals surface area contributed by atoms with Crippen LogP contribution in [0.5, 0.6) is 0 Å². The number of unbranched alkanes of at least 4 members (excludes halogenated alkanes) is 7. The van der Waals surface area contributed by atoms with E-state index >= 15 is 0 Å². The van der Waals surface area contributed by atoms with Crippen LogP contribution in [0.2, 0.25) is 0 Å². The van der Waals surface area contributed by atoms with E-state index in [1.165, 1.54) is 111 Å². The molecule has 5 rings (SSSR count). The second-order valence-corrected chi connectivity index (χ2v) is 10.6. The lowest BCUT2D eigenvalue weighted by molar-refractivity contribution is 0.575. The first-order valence-corrected chi connectivity index (χ1v) is 13.3. The molecule has 0 aliphatic carbocycles. The third kappa shape index (κ3) is 4.55. The van der Waals surface area contributed by atoms with Crippen LogP contribution in [0.3, 0.4) is 0 Å². The second kappa shape index (κ2) is 9.63. The summed E-state index contributed by atoms with van der Waals surface area (Å²) >= 11 is 1.94. The molecule has 0 N–H and O–H groups in total. The van der Waals surface area contributed by atoms with Crippen molar-refractivity contribution in [1.82, 2.24) is 0 Å². The fourth-order valence-electron chi connectivity index (χ4n) is 5.05. The van der Waals surface area contributed by atoms with E-state index in [2.05, 4.69) is 74.5 Å². The van der Waals surface area contributed by atoms with Crippen LogP contribution in [0.4, 0.5) is 0 Å². The van der Waals surface area contributed by atoms with E-state index in [0.29, 0.717) is 0 Å². The van der Waals surface area contributed by atoms with Gasteiger partial charge in [0.2, 0.25) is 0 Å². The van der Waals surface area contributed by atoms with E-state index in [1.54, 1.807) is 0 Å². The molecule has 0 saturated heterocycles. The highest BCUT2D eigenvalue weighted by Crippen LogP contribution is 2.38. The lowest BCUT2D eigenvalue weighted by Crippen LogP contribution is -1.87. The summed E-state index contributed by atoms with van der Waals surface area (Å²) in [4.78, 5) is 0. The van der Waals surface area contributed by atoms with Crippen molar-refractivity contribution in [2.75, 3.05) is 0 Å². The van der Waals surface area contributed by atoms with Crippen LogP contribution in [-0.2, 0) is 6.42 Å². The van der Waals surface area contributed by atoms with Crippen LogP contribution in [0.1, 0.15) is 69.4 Å². The van der Waals surface area contributed by atoms with Crippen LogP contribution in [0.25, 0.3) is 41.7 Å². The van der Waals surface area contributed by atoms with Gasteiger partial charge in [-0.1, -0.05) is 93.8 Å². The summed E-state index contributed by atoms with van der Waals surface area (Å²) in [5, 5.41) is 8.23. The van der Waals surface area contributed by atoms with Gasteiger partial charge in [0, 0.05) is 20.2 Å². The highest BCUT2D eigenvalue weighted by Gasteiger charge is 2.09. The quantitative estimate of drug-likeness (QED) is 0.201. The van der Waals surface area contributed by atoms with Crippen LogP contribution in [0, 0.1) is 6.92 Å². The van der Waals surface area contributed by atoms with Crippen molar-refractivity contribution in [3.05, 3.63) is 71.8 Å². The Hall–Kier alpha value is -2.38. The molecule has 0 aliphatic heterocycles. The van der Waals surface area contributed by atoms with E-state index in [-0.39, 0.29) is 0 Å². The molecule has 32 heavy (non-hydrogen) atoms. The number of aryl methyl sites for hydroxylation is 2. The lowest BCUT2D eigenvalue weighted by atomic mass is 9.99. The molecule has 0 fully saturated rings. The van der Waals surface area contributed by atoms with Gasteiger partial charge < -0.3 is 0 Å². The third-order valence-electron chi connectivity index (χ3n) is 6.93. The van der Waals surface area contributed by atoms with Crippen LogP contribution in [0.15, 0.2) is 60.7 Å². The number of fused-ring (bicyclic) bond motifs is 5. The Kier molecular flexibility index (Phi) is 6.46. The molecule has 164 valence electrons. The number of rotatable bonds is 9. The highest BCUT2D eigenvalue weighted by molar-refractivity contribution is 7.26. The zero-order chi connectivity index (χ0) is 21.9. The molecule has 0 amide bonds. The smallest absolute Gasteiger partial charge is 0.0361 e. The maximum absolute atomic E-state index is 2.43. The molecular weight excluding hydrogens is 404 g/mol. The normalized spacial score (nSPS) is 11.9. The molecule has 5 aromatic rings. The Morgan fingerprint density at radius 3 is 1.84 bits per heavy atom. The fraction of sp³-hybridized carbons (Fsp3) is 0.355. The topological polar surface area (TPSA) is 0 Å². The molecule has 0 aliphatic rings. The molecule has 4 aromatic carbocycles. The summed E-state index contributed by atoms with van der Waals surface area (Å²) in [7, 11) is 0. The molecule has 0 saturated carbocycles. The van der Waals surface area contributed by atoms with E-state index in [0.717, 1.165) is 0 Å². The Bertz CT molecular complexity index is 1370. The van der Waals surface area contributed by atoms with Gasteiger partial charge in [-0.2, -0.15) is 0 Å². The van der Waals surface area contributed by atoms with Gasteiger partial charge in [-0.3, -0.25) is 0 Å². The van der Waals surface area contributed by atoms with Gasteiger partial charge >= 0.3 is 0 Å². The fourth-order valence-corrected chi connectivity index (χ4v) is 6.22. The summed E-state index contributed by atoms with van der Waals surface area (Å²) in [6, 6.07) is 23.5. The van der Waals surface area contributed by atoms with E-state index in [4.69, 9.17) is 0 Å². The van der Waals surface area contributed by atoms with Gasteiger partial charge in [-0.05, 0) is 71.1 Å². The standard InChI is InChI=1S/C31H34S/c1-3-4-5-6-7-8-9-10-11-23-13-15-25-19-29-28-18-24-14-12-22(2)16-26(24)20-30(28)32-31(29)21-27(25)17-23/h12-21H,3-11H2,1-2H3. The van der Waals surface area contributed by atoms with Crippen molar-refractivity contribution in [2.45, 2.75) is 71.6 Å². The van der Waals surface area contributed by atoms with Crippen molar-refractivity contribution < 1.29 is 0 Å². The first-order chi connectivity index (χ1) is 15.7. The van der Waals surface area contributed by atoms with Gasteiger partial charge in [0.05, 0.1) is 0 Å². The average Bonchev–Trinajstić information content (AvgIpc) is 3.13. The SMILES string of the molecule is CCCCCCCCCCc1ccc2cc3c(cc2c1)sc1cc2cc(C)ccc2cc13. The first kappa shape index (κ1) is 21.5. The Labute approximate surface area is 196 Å². The summed E-state index contributed by atoms with van der Waals surface area (Å²) in [6.07, 6.45) is 12.3. The summed E-state index contributed by atoms with van der Waals surface area (Å²) < 4.78 is 2.80. The first-order valence-electron chi connectivity index (χ1n) is 12.5. The monoisotopic (exact) mass is 438 g/mol. The maximum atomic E-state index is 2.43. The summed E-state index contributed by atoms with van der Waals surface area (Å²) in [5.74, 6) is 0. The summed E-state index contributed by atoms with van der Waals surface area (Å²) in [5.41, 5.74) is 2.82. The van der Waals surface area contributed by atoms with E-state index < -0.39 is 0 Å². The van der Waals surface area contributed by atoms with Gasteiger partial charge in [0.25, 0.3) is 0 Å². The van der Waals surface area contributed by atoms with Gasteiger partial charge in [0.1, 0.15) is 0 Å². The minimum atomic E-state index is 1.21. The van der Waals surface area contributed by atoms with Crippen molar-refractivity contribution in [2.24, 2.45) is 0 Å². The van der Waals surface area contributed by atoms with Gasteiger partial charge in [0.15, 0.2) is 0 Å². The largest absolute Gasteiger partial charge is 0.135 e. The molecule has 0 bridgehead atoms. The number of thiophene rings is 1. The zero-order valence-corrected chi connectivity index (χ0v) is 20.4. The van der Waals surface area contributed by atoms with Crippen molar-refractivity contribution in [1.29, 1.82) is 0 Å². The third-order valence-corrected chi connectivity index (χ3v) is 8.04. The molecule has 0 nitrogen and oxygen atoms in total. The molecule has 0 atom stereocenters. The van der Waals surface area contributed by atoms with E-state index in [1.807, 2.05) is 11.3 Å². The van der Waals surface area contributed by atoms with Crippen LogP contribution >= 0.6 is 11.3 Å². The summed E-state index contributed by atoms with van der Waals surface area (Å²) in [6.45, 7) is 4.46. The predicted octanol–water partition coefficient (Wildman–Crippen LogP) is 10.4. The van der Waals surface area contributed by atoms with Gasteiger partial charge in [-0.25, -0.2) is 0 Å². The van der Waals surface area contributed by atoms with Gasteiger partial charge in [-0.15, -0.1) is 11.3 Å². The number of hydrogen-bond acceptors (Lipinski definition) is 1. The lowest BCUT2D eigenvalue weighted by Gasteiger charge is -2.05. The van der Waals surface area contributed by atoms with Crippen molar-refractivity contribution in [3.8, 4) is 0 Å². The highest BCUT2D eigenvalue weighted by atomic mass is 32.1. The van der Waals surface area contributed by atoms with Crippen molar-refractivity contribution >= 4 is 53.1 Å². The van der Waals surface area contributed by atoms with Crippen LogP contribution < -0.4 is 0 Å².